The van der Waals surface area contributed by atoms with Gasteiger partial charge in [0.25, 0.3) is 0 Å². The average molecular weight is 252 g/mol. The number of hydrogen-bond acceptors (Lipinski definition) is 4. The molecule has 4 heteroatoms. The zero-order valence-corrected chi connectivity index (χ0v) is 10.4. The molecular formula is C15H12N2O2. The first-order valence-electron chi connectivity index (χ1n) is 5.84. The van der Waals surface area contributed by atoms with Crippen molar-refractivity contribution in [3.63, 3.8) is 0 Å². The largest absolute Gasteiger partial charge is 0.439 e. The van der Waals surface area contributed by atoms with Crippen molar-refractivity contribution in [3.8, 4) is 6.07 Å². The fraction of sp³-hybridized carbons (Fsp3) is 0.133. The van der Waals surface area contributed by atoms with Gasteiger partial charge in [-0.15, -0.1) is 0 Å². The molecule has 0 amide bonds. The molecule has 1 atom stereocenters. The summed E-state index contributed by atoms with van der Waals surface area (Å²) in [7, 11) is 0. The van der Waals surface area contributed by atoms with Gasteiger partial charge in [-0.25, -0.2) is 4.98 Å². The van der Waals surface area contributed by atoms with Crippen molar-refractivity contribution in [1.29, 1.82) is 5.26 Å². The van der Waals surface area contributed by atoms with Crippen LogP contribution in [0.15, 0.2) is 53.0 Å². The van der Waals surface area contributed by atoms with Gasteiger partial charge >= 0.3 is 0 Å². The van der Waals surface area contributed by atoms with E-state index in [1.807, 2.05) is 25.1 Å². The number of ketones is 1. The Morgan fingerprint density at radius 2 is 2.21 bits per heavy atom. The van der Waals surface area contributed by atoms with Crippen LogP contribution < -0.4 is 0 Å². The molecule has 0 radical (unpaired) electrons. The maximum Gasteiger partial charge on any atom is 0.220 e. The molecule has 1 aromatic heterocycles. The maximum atomic E-state index is 11.9. The third-order valence-electron chi connectivity index (χ3n) is 2.54. The lowest BCUT2D eigenvalue weighted by Gasteiger charge is -1.98. The first kappa shape index (κ1) is 12.8. The second-order valence-corrected chi connectivity index (χ2v) is 3.87. The van der Waals surface area contributed by atoms with E-state index in [0.29, 0.717) is 11.1 Å². The van der Waals surface area contributed by atoms with Crippen molar-refractivity contribution < 1.29 is 9.21 Å². The van der Waals surface area contributed by atoms with E-state index in [1.165, 1.54) is 6.08 Å². The van der Waals surface area contributed by atoms with Crippen LogP contribution in [0.25, 0.3) is 11.1 Å². The minimum absolute atomic E-state index is 0.138. The Morgan fingerprint density at radius 1 is 1.42 bits per heavy atom. The van der Waals surface area contributed by atoms with Crippen molar-refractivity contribution >= 4 is 16.9 Å². The lowest BCUT2D eigenvalue weighted by molar-refractivity contribution is -0.115. The highest BCUT2D eigenvalue weighted by atomic mass is 16.3. The van der Waals surface area contributed by atoms with Crippen LogP contribution in [-0.2, 0) is 4.79 Å². The number of benzene rings is 1. The van der Waals surface area contributed by atoms with Crippen molar-refractivity contribution in [3.05, 3.63) is 54.5 Å². The molecule has 0 spiro atoms. The predicted octanol–water partition coefficient (Wildman–Crippen LogP) is 3.14. The van der Waals surface area contributed by atoms with E-state index in [2.05, 4.69) is 4.98 Å². The fourth-order valence-corrected chi connectivity index (χ4v) is 1.61. The van der Waals surface area contributed by atoms with Crippen molar-refractivity contribution in [2.45, 2.75) is 12.8 Å². The smallest absolute Gasteiger partial charge is 0.220 e. The fourth-order valence-electron chi connectivity index (χ4n) is 1.61. The van der Waals surface area contributed by atoms with Gasteiger partial charge in [-0.2, -0.15) is 5.26 Å². The number of rotatable bonds is 4. The number of allylic oxidation sites excluding steroid dienone is 4. The van der Waals surface area contributed by atoms with Gasteiger partial charge in [0.1, 0.15) is 5.52 Å². The molecule has 19 heavy (non-hydrogen) atoms. The van der Waals surface area contributed by atoms with E-state index in [1.54, 1.807) is 30.4 Å². The van der Waals surface area contributed by atoms with Crippen LogP contribution in [0.3, 0.4) is 0 Å². The summed E-state index contributed by atoms with van der Waals surface area (Å²) in [4.78, 5) is 16.1. The molecule has 0 aliphatic heterocycles. The molecule has 0 unspecified atom stereocenters. The van der Waals surface area contributed by atoms with Gasteiger partial charge in [0, 0.05) is 0 Å². The molecule has 0 fully saturated rings. The number of carbonyl (C=O) groups is 1. The Kier molecular flexibility index (Phi) is 3.89. The van der Waals surface area contributed by atoms with Crippen LogP contribution in [0, 0.1) is 11.3 Å². The quantitative estimate of drug-likeness (QED) is 0.619. The summed E-state index contributed by atoms with van der Waals surface area (Å²) in [6, 6.07) is 9.09. The molecule has 0 aliphatic carbocycles. The van der Waals surface area contributed by atoms with E-state index in [0.717, 1.165) is 0 Å². The van der Waals surface area contributed by atoms with E-state index < -0.39 is 5.92 Å². The highest BCUT2D eigenvalue weighted by Gasteiger charge is 2.23. The normalized spacial score (nSPS) is 13.1. The van der Waals surface area contributed by atoms with E-state index in [4.69, 9.17) is 9.68 Å². The number of nitriles is 1. The molecule has 0 saturated carbocycles. The van der Waals surface area contributed by atoms with Crippen molar-refractivity contribution in [1.82, 2.24) is 4.98 Å². The van der Waals surface area contributed by atoms with Crippen LogP contribution in [0.4, 0.5) is 0 Å². The van der Waals surface area contributed by atoms with Gasteiger partial charge in [0.05, 0.1) is 6.07 Å². The highest BCUT2D eigenvalue weighted by Crippen LogP contribution is 2.22. The highest BCUT2D eigenvalue weighted by molar-refractivity contribution is 5.97. The molecule has 0 bridgehead atoms. The number of hydrogen-bond donors (Lipinski definition) is 0. The van der Waals surface area contributed by atoms with Crippen LogP contribution in [0.2, 0.25) is 0 Å². The van der Waals surface area contributed by atoms with Gasteiger partial charge in [-0.05, 0) is 25.1 Å². The average Bonchev–Trinajstić information content (AvgIpc) is 2.83. The molecule has 0 N–H and O–H groups in total. The summed E-state index contributed by atoms with van der Waals surface area (Å²) >= 11 is 0. The van der Waals surface area contributed by atoms with Gasteiger partial charge in [0.15, 0.2) is 17.3 Å². The zero-order valence-electron chi connectivity index (χ0n) is 10.4. The summed E-state index contributed by atoms with van der Waals surface area (Å²) in [6.45, 7) is 1.84. The molecule has 0 aliphatic rings. The van der Waals surface area contributed by atoms with Crippen LogP contribution in [-0.4, -0.2) is 10.8 Å². The molecule has 4 nitrogen and oxygen atoms in total. The third kappa shape index (κ3) is 2.78. The molecule has 1 aromatic carbocycles. The number of para-hydroxylation sites is 2. The minimum atomic E-state index is -1.01. The molecule has 2 aromatic rings. The first-order chi connectivity index (χ1) is 9.26. The third-order valence-corrected chi connectivity index (χ3v) is 2.54. The summed E-state index contributed by atoms with van der Waals surface area (Å²) in [5, 5.41) is 9.11. The molecule has 0 saturated heterocycles. The Balaban J connectivity index is 2.31. The minimum Gasteiger partial charge on any atom is -0.439 e. The van der Waals surface area contributed by atoms with Gasteiger partial charge in [0.2, 0.25) is 5.89 Å². The molecule has 2 rings (SSSR count). The Hall–Kier alpha value is -2.67. The second-order valence-electron chi connectivity index (χ2n) is 3.87. The van der Waals surface area contributed by atoms with E-state index in [9.17, 15) is 4.79 Å². The van der Waals surface area contributed by atoms with Crippen LogP contribution in [0.5, 0.6) is 0 Å². The number of aromatic nitrogens is 1. The van der Waals surface area contributed by atoms with Crippen molar-refractivity contribution in [2.24, 2.45) is 0 Å². The Labute approximate surface area is 110 Å². The monoisotopic (exact) mass is 252 g/mol. The summed E-state index contributed by atoms with van der Waals surface area (Å²) in [6.07, 6.45) is 6.46. The van der Waals surface area contributed by atoms with Crippen LogP contribution in [0.1, 0.15) is 18.7 Å². The lowest BCUT2D eigenvalue weighted by atomic mass is 10.1. The van der Waals surface area contributed by atoms with Gasteiger partial charge < -0.3 is 4.42 Å². The van der Waals surface area contributed by atoms with Crippen LogP contribution >= 0.6 is 0 Å². The first-order valence-corrected chi connectivity index (χ1v) is 5.84. The second kappa shape index (κ2) is 5.78. The number of fused-ring (bicyclic) bond motifs is 1. The lowest BCUT2D eigenvalue weighted by Crippen LogP contribution is -2.07. The number of oxazole rings is 1. The molecule has 94 valence electrons. The molecule has 1 heterocycles. The standard InChI is InChI=1S/C15H12N2O2/c1-2-3-4-8-13(18)11(10-16)15-17-12-7-5-6-9-14(12)19-15/h2-9,11H,1H3/b3-2+,8-4+/t11-/m0/s1. The number of carbonyl (C=O) groups excluding carboxylic acids is 1. The zero-order chi connectivity index (χ0) is 13.7. The summed E-state index contributed by atoms with van der Waals surface area (Å²) < 4.78 is 5.44. The summed E-state index contributed by atoms with van der Waals surface area (Å²) in [5.41, 5.74) is 1.21. The van der Waals surface area contributed by atoms with E-state index >= 15 is 0 Å². The maximum absolute atomic E-state index is 11.9. The SMILES string of the molecule is C/C=C/C=C/C(=O)[C@H](C#N)c1nc2ccccc2o1. The van der Waals surface area contributed by atoms with E-state index in [-0.39, 0.29) is 11.7 Å². The predicted molar refractivity (Wildman–Crippen MR) is 71.3 cm³/mol. The topological polar surface area (TPSA) is 66.9 Å². The van der Waals surface area contributed by atoms with Gasteiger partial charge in [-0.3, -0.25) is 4.79 Å². The Bertz CT molecular complexity index is 656. The van der Waals surface area contributed by atoms with Crippen molar-refractivity contribution in [2.75, 3.05) is 0 Å². The number of nitrogens with zero attached hydrogens (tertiary/aromatic N) is 2. The van der Waals surface area contributed by atoms with Gasteiger partial charge in [-0.1, -0.05) is 30.4 Å². The molecular weight excluding hydrogens is 240 g/mol. The Morgan fingerprint density at radius 3 is 2.89 bits per heavy atom. The summed E-state index contributed by atoms with van der Waals surface area (Å²) in [5.74, 6) is -1.21.